The topological polar surface area (TPSA) is 132 Å². The Morgan fingerprint density at radius 3 is 2.20 bits per heavy atom. The summed E-state index contributed by atoms with van der Waals surface area (Å²) in [6.07, 6.45) is 15.2. The van der Waals surface area contributed by atoms with E-state index in [1.165, 1.54) is 44.9 Å². The zero-order valence-corrected chi connectivity index (χ0v) is 38.0. The first-order chi connectivity index (χ1) is 31.2. The lowest BCUT2D eigenvalue weighted by molar-refractivity contribution is -0.110. The molecule has 0 unspecified atom stereocenters. The van der Waals surface area contributed by atoms with Crippen molar-refractivity contribution < 1.29 is 19.1 Å². The van der Waals surface area contributed by atoms with Crippen LogP contribution in [0.3, 0.4) is 0 Å². The standard InChI is InChI=1S/C50H55Cl2N7O5/c1-3-4-5-6-7-8-9-10-11-17-28-64-45-25-22-36(51)32-43(45)55-48(60)46(53-41-24-23-38(31-35(41)2)57-26-29-63-30-27-57)47-54-44-34-58(37-18-13-12-14-19-37)33-39(44)49(61)59(47)50(62)56-42-21-16-15-20-40(42)52/h12-16,18-25,31-34H,3-11,17,26-30H2,1-2H3,(H,55,60)(H,56,62). The van der Waals surface area contributed by atoms with E-state index in [2.05, 4.69) is 22.5 Å². The van der Waals surface area contributed by atoms with Crippen molar-refractivity contribution in [2.45, 2.75) is 78.1 Å². The van der Waals surface area contributed by atoms with Gasteiger partial charge in [-0.1, -0.05) is 118 Å². The molecule has 0 saturated carbocycles. The quantitative estimate of drug-likeness (QED) is 0.0611. The van der Waals surface area contributed by atoms with E-state index in [1.807, 2.05) is 55.5 Å². The highest BCUT2D eigenvalue weighted by atomic mass is 35.5. The van der Waals surface area contributed by atoms with Gasteiger partial charge in [0.05, 0.1) is 52.8 Å². The highest BCUT2D eigenvalue weighted by Gasteiger charge is 2.28. The number of carbonyl (C=O) groups is 2. The molecule has 1 saturated heterocycles. The number of hydrogen-bond acceptors (Lipinski definition) is 8. The van der Waals surface area contributed by atoms with Crippen LogP contribution in [0.4, 0.5) is 27.5 Å². The predicted octanol–water partition coefficient (Wildman–Crippen LogP) is 11.8. The van der Waals surface area contributed by atoms with Gasteiger partial charge in [0, 0.05) is 41.9 Å². The molecule has 1 aliphatic heterocycles. The van der Waals surface area contributed by atoms with Crippen LogP contribution < -0.4 is 25.8 Å². The predicted molar refractivity (Wildman–Crippen MR) is 259 cm³/mol. The summed E-state index contributed by atoms with van der Waals surface area (Å²) in [7, 11) is 0. The van der Waals surface area contributed by atoms with Crippen molar-refractivity contribution in [2.24, 2.45) is 4.99 Å². The number of para-hydroxylation sites is 2. The first kappa shape index (κ1) is 46.1. The Kier molecular flexibility index (Phi) is 16.3. The van der Waals surface area contributed by atoms with Crippen molar-refractivity contribution in [1.29, 1.82) is 0 Å². The number of nitrogens with zero attached hydrogens (tertiary/aromatic N) is 5. The second-order valence-electron chi connectivity index (χ2n) is 15.9. The van der Waals surface area contributed by atoms with Gasteiger partial charge in [0.1, 0.15) is 5.75 Å². The van der Waals surface area contributed by atoms with E-state index in [0.29, 0.717) is 42.0 Å². The minimum Gasteiger partial charge on any atom is -0.491 e. The fourth-order valence-corrected chi connectivity index (χ4v) is 8.05. The van der Waals surface area contributed by atoms with Crippen LogP contribution in [-0.4, -0.2) is 64.7 Å². The second-order valence-corrected chi connectivity index (χ2v) is 16.8. The number of rotatable bonds is 19. The van der Waals surface area contributed by atoms with Gasteiger partial charge in [-0.05, 0) is 79.6 Å². The number of carbonyl (C=O) groups excluding carboxylic acids is 2. The molecule has 14 heteroatoms. The molecular formula is C50H55Cl2N7O5. The van der Waals surface area contributed by atoms with Crippen LogP contribution in [-0.2, 0) is 9.53 Å². The van der Waals surface area contributed by atoms with Gasteiger partial charge in [0.2, 0.25) is 0 Å². The number of nitrogens with one attached hydrogen (secondary N) is 2. The van der Waals surface area contributed by atoms with Crippen molar-refractivity contribution in [3.05, 3.63) is 135 Å². The molecule has 2 amide bonds. The molecule has 3 heterocycles. The SMILES string of the molecule is CCCCCCCCCCCCOc1ccc(Cl)cc1NC(=O)C(=Nc1ccc(N2CCOCC2)cc1C)c1nc2cn(-c3ccccc3)cc2c(=O)n1C(=O)Nc1ccccc1Cl. The number of aromatic nitrogens is 3. The summed E-state index contributed by atoms with van der Waals surface area (Å²) >= 11 is 13.0. The van der Waals surface area contributed by atoms with Crippen LogP contribution in [0.1, 0.15) is 82.5 Å². The average Bonchev–Trinajstić information content (AvgIpc) is 3.74. The zero-order valence-electron chi connectivity index (χ0n) is 36.5. The normalized spacial score (nSPS) is 13.0. The van der Waals surface area contributed by atoms with Crippen molar-refractivity contribution in [2.75, 3.05) is 48.4 Å². The average molecular weight is 905 g/mol. The van der Waals surface area contributed by atoms with Gasteiger partial charge in [0.15, 0.2) is 11.5 Å². The summed E-state index contributed by atoms with van der Waals surface area (Å²) in [4.78, 5) is 56.1. The number of aryl methyl sites for hydroxylation is 1. The fourth-order valence-electron chi connectivity index (χ4n) is 7.69. The first-order valence-corrected chi connectivity index (χ1v) is 23.0. The molecule has 6 aromatic rings. The third kappa shape index (κ3) is 11.8. The number of fused-ring (bicyclic) bond motifs is 1. The summed E-state index contributed by atoms with van der Waals surface area (Å²) < 4.78 is 14.4. The van der Waals surface area contributed by atoms with Crippen molar-refractivity contribution >= 4 is 74.5 Å². The number of amides is 2. The largest absolute Gasteiger partial charge is 0.491 e. The van der Waals surface area contributed by atoms with Gasteiger partial charge in [-0.2, -0.15) is 0 Å². The number of halogens is 2. The Morgan fingerprint density at radius 1 is 0.781 bits per heavy atom. The molecule has 0 radical (unpaired) electrons. The minimum atomic E-state index is -0.891. The number of morpholine rings is 1. The summed E-state index contributed by atoms with van der Waals surface area (Å²) in [6, 6.07) is 25.9. The lowest BCUT2D eigenvalue weighted by Gasteiger charge is -2.29. The van der Waals surface area contributed by atoms with Crippen molar-refractivity contribution in [3.8, 4) is 11.4 Å². The summed E-state index contributed by atoms with van der Waals surface area (Å²) in [5.74, 6) is -0.635. The highest BCUT2D eigenvalue weighted by molar-refractivity contribution is 6.49. The first-order valence-electron chi connectivity index (χ1n) is 22.2. The smallest absolute Gasteiger partial charge is 0.334 e. The Morgan fingerprint density at radius 2 is 1.48 bits per heavy atom. The highest BCUT2D eigenvalue weighted by Crippen LogP contribution is 2.31. The van der Waals surface area contributed by atoms with Crippen LogP contribution in [0.5, 0.6) is 5.75 Å². The number of aliphatic imine (C=N–C) groups is 1. The molecule has 0 bridgehead atoms. The van der Waals surface area contributed by atoms with E-state index >= 15 is 0 Å². The Hall–Kier alpha value is -5.95. The van der Waals surface area contributed by atoms with Gasteiger partial charge >= 0.3 is 6.03 Å². The molecule has 0 spiro atoms. The molecule has 0 atom stereocenters. The third-order valence-electron chi connectivity index (χ3n) is 11.2. The van der Waals surface area contributed by atoms with Gasteiger partial charge in [-0.25, -0.2) is 19.3 Å². The number of anilines is 3. The Balaban J connectivity index is 1.26. The molecule has 2 aromatic heterocycles. The third-order valence-corrected chi connectivity index (χ3v) is 11.8. The summed E-state index contributed by atoms with van der Waals surface area (Å²) in [5, 5.41) is 6.47. The maximum Gasteiger partial charge on any atom is 0.334 e. The van der Waals surface area contributed by atoms with Crippen LogP contribution in [0.2, 0.25) is 10.0 Å². The monoisotopic (exact) mass is 903 g/mol. The van der Waals surface area contributed by atoms with Gasteiger partial charge < -0.3 is 29.6 Å². The number of benzene rings is 4. The van der Waals surface area contributed by atoms with E-state index < -0.39 is 17.5 Å². The maximum atomic E-state index is 15.0. The molecule has 0 aliphatic carbocycles. The van der Waals surface area contributed by atoms with Gasteiger partial charge in [-0.15, -0.1) is 0 Å². The molecule has 12 nitrogen and oxygen atoms in total. The zero-order chi connectivity index (χ0) is 44.8. The minimum absolute atomic E-state index is 0.144. The molecule has 2 N–H and O–H groups in total. The molecular weight excluding hydrogens is 849 g/mol. The van der Waals surface area contributed by atoms with Crippen molar-refractivity contribution in [1.82, 2.24) is 14.1 Å². The molecule has 64 heavy (non-hydrogen) atoms. The van der Waals surface area contributed by atoms with Crippen LogP contribution in [0.25, 0.3) is 16.6 Å². The molecule has 4 aromatic carbocycles. The maximum absolute atomic E-state index is 15.0. The van der Waals surface area contributed by atoms with E-state index in [1.54, 1.807) is 59.4 Å². The molecule has 1 fully saturated rings. The molecule has 1 aliphatic rings. The summed E-state index contributed by atoms with van der Waals surface area (Å²) in [5.41, 5.74) is 2.70. The number of ether oxygens (including phenoxy) is 2. The number of unbranched alkanes of at least 4 members (excludes halogenated alkanes) is 9. The van der Waals surface area contributed by atoms with E-state index in [-0.39, 0.29) is 33.1 Å². The lowest BCUT2D eigenvalue weighted by Crippen LogP contribution is -2.39. The Labute approximate surface area is 384 Å². The van der Waals surface area contributed by atoms with E-state index in [0.717, 1.165) is 53.9 Å². The lowest BCUT2D eigenvalue weighted by atomic mass is 10.1. The van der Waals surface area contributed by atoms with Crippen molar-refractivity contribution in [3.63, 3.8) is 0 Å². The second kappa shape index (κ2) is 22.6. The van der Waals surface area contributed by atoms with Gasteiger partial charge in [0.25, 0.3) is 11.5 Å². The summed E-state index contributed by atoms with van der Waals surface area (Å²) in [6.45, 7) is 7.27. The van der Waals surface area contributed by atoms with Crippen LogP contribution in [0.15, 0.2) is 113 Å². The Bertz CT molecular complexity index is 2640. The molecule has 7 rings (SSSR count). The van der Waals surface area contributed by atoms with Crippen LogP contribution >= 0.6 is 23.2 Å². The van der Waals surface area contributed by atoms with E-state index in [4.69, 9.17) is 42.7 Å². The fraction of sp³-hybridized carbons (Fsp3) is 0.340. The van der Waals surface area contributed by atoms with E-state index in [9.17, 15) is 14.4 Å². The molecule has 334 valence electrons. The van der Waals surface area contributed by atoms with Gasteiger partial charge in [-0.3, -0.25) is 9.59 Å². The number of hydrogen-bond donors (Lipinski definition) is 2. The van der Waals surface area contributed by atoms with Crippen LogP contribution in [0, 0.1) is 6.92 Å².